The van der Waals surface area contributed by atoms with Crippen molar-refractivity contribution >= 4 is 6.01 Å². The SMILES string of the molecule is Nc1nnc(-c2cccc(OCc3ccc(F)cc3)c2)o1. The minimum atomic E-state index is -0.269. The van der Waals surface area contributed by atoms with Crippen LogP contribution < -0.4 is 10.5 Å². The first kappa shape index (κ1) is 13.1. The fourth-order valence-electron chi connectivity index (χ4n) is 1.82. The lowest BCUT2D eigenvalue weighted by Gasteiger charge is -2.07. The van der Waals surface area contributed by atoms with Gasteiger partial charge in [-0.25, -0.2) is 4.39 Å². The van der Waals surface area contributed by atoms with Gasteiger partial charge in [0.1, 0.15) is 18.2 Å². The molecule has 0 amide bonds. The van der Waals surface area contributed by atoms with Gasteiger partial charge in [-0.3, -0.25) is 0 Å². The monoisotopic (exact) mass is 285 g/mol. The molecule has 3 aromatic rings. The summed E-state index contributed by atoms with van der Waals surface area (Å²) in [6, 6.07) is 13.4. The zero-order valence-electron chi connectivity index (χ0n) is 11.0. The molecule has 0 aliphatic heterocycles. The van der Waals surface area contributed by atoms with Crippen molar-refractivity contribution in [1.29, 1.82) is 0 Å². The van der Waals surface area contributed by atoms with Gasteiger partial charge in [0.05, 0.1) is 0 Å². The number of halogens is 1. The number of nitrogens with two attached hydrogens (primary N) is 1. The first-order valence-corrected chi connectivity index (χ1v) is 6.27. The number of hydrogen-bond donors (Lipinski definition) is 1. The minimum absolute atomic E-state index is 0.0163. The lowest BCUT2D eigenvalue weighted by molar-refractivity contribution is 0.306. The predicted octanol–water partition coefficient (Wildman–Crippen LogP) is 3.04. The third kappa shape index (κ3) is 3.17. The zero-order valence-corrected chi connectivity index (χ0v) is 11.0. The Labute approximate surface area is 120 Å². The van der Waals surface area contributed by atoms with Crippen LogP contribution in [-0.4, -0.2) is 10.2 Å². The molecular weight excluding hydrogens is 273 g/mol. The normalized spacial score (nSPS) is 10.5. The number of hydrogen-bond acceptors (Lipinski definition) is 5. The summed E-state index contributed by atoms with van der Waals surface area (Å²) in [4.78, 5) is 0. The van der Waals surface area contributed by atoms with Crippen LogP contribution in [-0.2, 0) is 6.61 Å². The Balaban J connectivity index is 1.73. The molecule has 1 aromatic heterocycles. The van der Waals surface area contributed by atoms with Gasteiger partial charge in [0, 0.05) is 5.56 Å². The first-order valence-electron chi connectivity index (χ1n) is 6.27. The molecule has 0 saturated carbocycles. The highest BCUT2D eigenvalue weighted by molar-refractivity contribution is 5.55. The number of rotatable bonds is 4. The van der Waals surface area contributed by atoms with Gasteiger partial charge < -0.3 is 14.9 Å². The Morgan fingerprint density at radius 1 is 1.10 bits per heavy atom. The van der Waals surface area contributed by atoms with E-state index >= 15 is 0 Å². The maximum absolute atomic E-state index is 12.8. The summed E-state index contributed by atoms with van der Waals surface area (Å²) in [5.74, 6) is 0.711. The molecule has 106 valence electrons. The summed E-state index contributed by atoms with van der Waals surface area (Å²) in [5, 5.41) is 7.43. The molecule has 5 nitrogen and oxygen atoms in total. The second kappa shape index (κ2) is 5.62. The lowest BCUT2D eigenvalue weighted by Crippen LogP contribution is -1.95. The number of aromatic nitrogens is 2. The molecule has 3 rings (SSSR count). The van der Waals surface area contributed by atoms with Crippen molar-refractivity contribution in [3.8, 4) is 17.2 Å². The Hall–Kier alpha value is -2.89. The molecule has 0 atom stereocenters. The Bertz CT molecular complexity index is 741. The zero-order chi connectivity index (χ0) is 14.7. The van der Waals surface area contributed by atoms with Crippen molar-refractivity contribution in [1.82, 2.24) is 10.2 Å². The molecule has 2 aromatic carbocycles. The second-order valence-corrected chi connectivity index (χ2v) is 4.39. The van der Waals surface area contributed by atoms with E-state index < -0.39 is 0 Å². The minimum Gasteiger partial charge on any atom is -0.489 e. The van der Waals surface area contributed by atoms with Gasteiger partial charge in [0.25, 0.3) is 0 Å². The van der Waals surface area contributed by atoms with Gasteiger partial charge in [-0.15, -0.1) is 5.10 Å². The van der Waals surface area contributed by atoms with Crippen LogP contribution in [0.2, 0.25) is 0 Å². The lowest BCUT2D eigenvalue weighted by atomic mass is 10.2. The van der Waals surface area contributed by atoms with E-state index in [2.05, 4.69) is 10.2 Å². The largest absolute Gasteiger partial charge is 0.489 e. The van der Waals surface area contributed by atoms with Crippen LogP contribution in [0.5, 0.6) is 5.75 Å². The fourth-order valence-corrected chi connectivity index (χ4v) is 1.82. The van der Waals surface area contributed by atoms with Gasteiger partial charge in [0.15, 0.2) is 0 Å². The van der Waals surface area contributed by atoms with Crippen molar-refractivity contribution in [2.45, 2.75) is 6.61 Å². The molecule has 6 heteroatoms. The third-order valence-corrected chi connectivity index (χ3v) is 2.84. The smallest absolute Gasteiger partial charge is 0.313 e. The molecule has 0 spiro atoms. The molecular formula is C15H12FN3O2. The highest BCUT2D eigenvalue weighted by atomic mass is 19.1. The van der Waals surface area contributed by atoms with E-state index in [1.54, 1.807) is 18.2 Å². The molecule has 0 bridgehead atoms. The van der Waals surface area contributed by atoms with Gasteiger partial charge in [-0.1, -0.05) is 23.3 Å². The fraction of sp³-hybridized carbons (Fsp3) is 0.0667. The molecule has 0 radical (unpaired) electrons. The maximum Gasteiger partial charge on any atom is 0.313 e. The highest BCUT2D eigenvalue weighted by Gasteiger charge is 2.07. The molecule has 0 fully saturated rings. The molecule has 2 N–H and O–H groups in total. The van der Waals surface area contributed by atoms with E-state index in [1.165, 1.54) is 12.1 Å². The van der Waals surface area contributed by atoms with Crippen LogP contribution in [0.25, 0.3) is 11.5 Å². The number of ether oxygens (including phenoxy) is 1. The van der Waals surface area contributed by atoms with Crippen molar-refractivity contribution in [3.63, 3.8) is 0 Å². The van der Waals surface area contributed by atoms with E-state index in [-0.39, 0.29) is 11.8 Å². The van der Waals surface area contributed by atoms with Crippen LogP contribution >= 0.6 is 0 Å². The highest BCUT2D eigenvalue weighted by Crippen LogP contribution is 2.23. The standard InChI is InChI=1S/C15H12FN3O2/c16-12-6-4-10(5-7-12)9-20-13-3-1-2-11(8-13)14-18-19-15(17)21-14/h1-8H,9H2,(H2,17,19). The molecule has 0 aliphatic carbocycles. The molecule has 0 saturated heterocycles. The summed E-state index contributed by atoms with van der Waals surface area (Å²) in [6.07, 6.45) is 0. The van der Waals surface area contributed by atoms with Crippen LogP contribution in [0.1, 0.15) is 5.56 Å². The average Bonchev–Trinajstić information content (AvgIpc) is 2.94. The third-order valence-electron chi connectivity index (χ3n) is 2.84. The van der Waals surface area contributed by atoms with Crippen LogP contribution in [0.15, 0.2) is 52.9 Å². The second-order valence-electron chi connectivity index (χ2n) is 4.39. The van der Waals surface area contributed by atoms with Gasteiger partial charge in [-0.2, -0.15) is 0 Å². The summed E-state index contributed by atoms with van der Waals surface area (Å²) < 4.78 is 23.6. The van der Waals surface area contributed by atoms with Gasteiger partial charge in [-0.05, 0) is 35.9 Å². The van der Waals surface area contributed by atoms with Crippen LogP contribution in [0.4, 0.5) is 10.4 Å². The van der Waals surface area contributed by atoms with E-state index in [4.69, 9.17) is 14.9 Å². The molecule has 0 aliphatic rings. The number of benzene rings is 2. The van der Waals surface area contributed by atoms with Crippen molar-refractivity contribution < 1.29 is 13.5 Å². The van der Waals surface area contributed by atoms with E-state index in [0.29, 0.717) is 18.2 Å². The summed E-state index contributed by atoms with van der Waals surface area (Å²) in [6.45, 7) is 0.343. The summed E-state index contributed by atoms with van der Waals surface area (Å²) in [5.41, 5.74) is 7.00. The van der Waals surface area contributed by atoms with Gasteiger partial charge >= 0.3 is 6.01 Å². The average molecular weight is 285 g/mol. The summed E-state index contributed by atoms with van der Waals surface area (Å²) >= 11 is 0. The Morgan fingerprint density at radius 3 is 2.62 bits per heavy atom. The number of nitrogens with zero attached hydrogens (tertiary/aromatic N) is 2. The molecule has 1 heterocycles. The van der Waals surface area contributed by atoms with Crippen LogP contribution in [0.3, 0.4) is 0 Å². The Kier molecular flexibility index (Phi) is 3.51. The van der Waals surface area contributed by atoms with Gasteiger partial charge in [0.2, 0.25) is 5.89 Å². The van der Waals surface area contributed by atoms with E-state index in [9.17, 15) is 4.39 Å². The maximum atomic E-state index is 12.8. The van der Waals surface area contributed by atoms with E-state index in [0.717, 1.165) is 11.1 Å². The molecule has 21 heavy (non-hydrogen) atoms. The first-order chi connectivity index (χ1) is 10.2. The van der Waals surface area contributed by atoms with Crippen molar-refractivity contribution in [2.75, 3.05) is 5.73 Å². The Morgan fingerprint density at radius 2 is 1.90 bits per heavy atom. The quantitative estimate of drug-likeness (QED) is 0.797. The van der Waals surface area contributed by atoms with Crippen LogP contribution in [0, 0.1) is 5.82 Å². The number of anilines is 1. The number of nitrogen functional groups attached to an aromatic ring is 1. The van der Waals surface area contributed by atoms with Crippen molar-refractivity contribution in [3.05, 3.63) is 59.9 Å². The predicted molar refractivity (Wildman–Crippen MR) is 74.9 cm³/mol. The summed E-state index contributed by atoms with van der Waals surface area (Å²) in [7, 11) is 0. The van der Waals surface area contributed by atoms with E-state index in [1.807, 2.05) is 18.2 Å². The topological polar surface area (TPSA) is 74.2 Å². The molecule has 0 unspecified atom stereocenters. The van der Waals surface area contributed by atoms with Crippen molar-refractivity contribution in [2.24, 2.45) is 0 Å².